The minimum absolute atomic E-state index is 0. The Morgan fingerprint density at radius 2 is 2.25 bits per heavy atom. The van der Waals surface area contributed by atoms with Crippen LogP contribution in [0.3, 0.4) is 0 Å². The first-order chi connectivity index (χ1) is 7.22. The molecule has 0 bridgehead atoms. The number of benzene rings is 1. The molecule has 0 amide bonds. The minimum atomic E-state index is -0.296. The summed E-state index contributed by atoms with van der Waals surface area (Å²) < 4.78 is 4.68. The highest BCUT2D eigenvalue weighted by molar-refractivity contribution is 5.89. The normalized spacial score (nSPS) is 18.2. The number of methoxy groups -OCH3 is 1. The van der Waals surface area contributed by atoms with Crippen molar-refractivity contribution in [1.29, 1.82) is 0 Å². The number of esters is 1. The molecule has 2 rings (SSSR count). The summed E-state index contributed by atoms with van der Waals surface area (Å²) in [4.78, 5) is 11.3. The molecule has 0 fully saturated rings. The van der Waals surface area contributed by atoms with Crippen molar-refractivity contribution in [3.63, 3.8) is 0 Å². The third-order valence-electron chi connectivity index (χ3n) is 2.93. The Bertz CT molecular complexity index is 393. The Kier molecular flexibility index (Phi) is 4.33. The van der Waals surface area contributed by atoms with Crippen LogP contribution in [0.25, 0.3) is 0 Å². The first-order valence-corrected chi connectivity index (χ1v) is 5.19. The van der Waals surface area contributed by atoms with Gasteiger partial charge in [0.25, 0.3) is 0 Å². The lowest BCUT2D eigenvalue weighted by atomic mass is 9.87. The Hall–Kier alpha value is -1.06. The lowest BCUT2D eigenvalue weighted by Gasteiger charge is -2.22. The van der Waals surface area contributed by atoms with Gasteiger partial charge in [0.1, 0.15) is 0 Å². The molecule has 0 aliphatic heterocycles. The Morgan fingerprint density at radius 3 is 2.94 bits per heavy atom. The van der Waals surface area contributed by atoms with Gasteiger partial charge in [0, 0.05) is 6.04 Å². The number of ether oxygens (including phenoxy) is 1. The van der Waals surface area contributed by atoms with Crippen molar-refractivity contribution in [3.05, 3.63) is 34.9 Å². The number of fused-ring (bicyclic) bond motifs is 1. The average Bonchev–Trinajstić information content (AvgIpc) is 2.28. The molecule has 0 saturated heterocycles. The summed E-state index contributed by atoms with van der Waals surface area (Å²) in [6.07, 6.45) is 3.19. The largest absolute Gasteiger partial charge is 0.465 e. The summed E-state index contributed by atoms with van der Waals surface area (Å²) in [5.41, 5.74) is 8.96. The predicted molar refractivity (Wildman–Crippen MR) is 64.9 cm³/mol. The van der Waals surface area contributed by atoms with Gasteiger partial charge in [0.2, 0.25) is 0 Å². The fourth-order valence-corrected chi connectivity index (χ4v) is 2.08. The standard InChI is InChI=1S/C12H15NO2.ClH/c1-15-12(14)9-6-5-8-3-2-4-11(13)10(8)7-9;/h5-7,11H,2-4,13H2,1H3;1H/t11-;/m0./s1. The second kappa shape index (κ2) is 5.32. The third-order valence-corrected chi connectivity index (χ3v) is 2.93. The molecular formula is C12H16ClNO2. The average molecular weight is 242 g/mol. The van der Waals surface area contributed by atoms with Crippen molar-refractivity contribution in [2.75, 3.05) is 7.11 Å². The van der Waals surface area contributed by atoms with Crippen LogP contribution in [0.5, 0.6) is 0 Å². The number of carbonyl (C=O) groups excluding carboxylic acids is 1. The molecular weight excluding hydrogens is 226 g/mol. The van der Waals surface area contributed by atoms with Crippen LogP contribution in [0.2, 0.25) is 0 Å². The summed E-state index contributed by atoms with van der Waals surface area (Å²) in [7, 11) is 1.39. The van der Waals surface area contributed by atoms with Crippen molar-refractivity contribution < 1.29 is 9.53 Å². The van der Waals surface area contributed by atoms with E-state index in [9.17, 15) is 4.79 Å². The fraction of sp³-hybridized carbons (Fsp3) is 0.417. The molecule has 1 atom stereocenters. The second-order valence-corrected chi connectivity index (χ2v) is 3.90. The number of halogens is 1. The number of carbonyl (C=O) groups is 1. The third kappa shape index (κ3) is 2.36. The van der Waals surface area contributed by atoms with Crippen LogP contribution < -0.4 is 5.73 Å². The first kappa shape index (κ1) is 13.0. The molecule has 0 heterocycles. The summed E-state index contributed by atoms with van der Waals surface area (Å²) in [5, 5.41) is 0. The topological polar surface area (TPSA) is 52.3 Å². The lowest BCUT2D eigenvalue weighted by molar-refractivity contribution is 0.0600. The van der Waals surface area contributed by atoms with E-state index in [2.05, 4.69) is 4.74 Å². The highest BCUT2D eigenvalue weighted by Gasteiger charge is 2.18. The molecule has 3 nitrogen and oxygen atoms in total. The maximum absolute atomic E-state index is 11.3. The van der Waals surface area contributed by atoms with E-state index < -0.39 is 0 Å². The zero-order valence-corrected chi connectivity index (χ0v) is 10.0. The van der Waals surface area contributed by atoms with Gasteiger partial charge in [0.05, 0.1) is 12.7 Å². The van der Waals surface area contributed by atoms with Crippen LogP contribution in [0.4, 0.5) is 0 Å². The Labute approximate surface area is 101 Å². The molecule has 1 aromatic carbocycles. The molecule has 0 aromatic heterocycles. The van der Waals surface area contributed by atoms with Gasteiger partial charge < -0.3 is 10.5 Å². The SMILES string of the molecule is COC(=O)c1ccc2c(c1)[C@@H](N)CCC2.Cl. The maximum Gasteiger partial charge on any atom is 0.337 e. The van der Waals surface area contributed by atoms with Gasteiger partial charge in [0.15, 0.2) is 0 Å². The van der Waals surface area contributed by atoms with Crippen molar-refractivity contribution >= 4 is 18.4 Å². The molecule has 4 heteroatoms. The summed E-state index contributed by atoms with van der Waals surface area (Å²) in [6, 6.07) is 5.73. The Balaban J connectivity index is 0.00000128. The molecule has 0 spiro atoms. The molecule has 1 aromatic rings. The van der Waals surface area contributed by atoms with Gasteiger partial charge in [-0.2, -0.15) is 0 Å². The van der Waals surface area contributed by atoms with E-state index in [-0.39, 0.29) is 24.4 Å². The van der Waals surface area contributed by atoms with Crippen LogP contribution in [-0.4, -0.2) is 13.1 Å². The molecule has 1 aliphatic rings. The van der Waals surface area contributed by atoms with E-state index in [1.807, 2.05) is 18.2 Å². The minimum Gasteiger partial charge on any atom is -0.465 e. The van der Waals surface area contributed by atoms with Crippen LogP contribution in [-0.2, 0) is 11.2 Å². The number of hydrogen-bond acceptors (Lipinski definition) is 3. The van der Waals surface area contributed by atoms with Gasteiger partial charge in [-0.1, -0.05) is 6.07 Å². The molecule has 0 saturated carbocycles. The van der Waals surface area contributed by atoms with Crippen molar-refractivity contribution in [1.82, 2.24) is 0 Å². The summed E-state index contributed by atoms with van der Waals surface area (Å²) >= 11 is 0. The number of nitrogens with two attached hydrogens (primary N) is 1. The van der Waals surface area contributed by atoms with E-state index in [0.29, 0.717) is 5.56 Å². The van der Waals surface area contributed by atoms with Crippen molar-refractivity contribution in [2.45, 2.75) is 25.3 Å². The van der Waals surface area contributed by atoms with Crippen LogP contribution in [0, 0.1) is 0 Å². The van der Waals surface area contributed by atoms with Crippen LogP contribution in [0.1, 0.15) is 40.4 Å². The molecule has 16 heavy (non-hydrogen) atoms. The quantitative estimate of drug-likeness (QED) is 0.768. The van der Waals surface area contributed by atoms with Gasteiger partial charge in [-0.3, -0.25) is 0 Å². The highest BCUT2D eigenvalue weighted by atomic mass is 35.5. The zero-order valence-electron chi connectivity index (χ0n) is 9.23. The van der Waals surface area contributed by atoms with E-state index in [4.69, 9.17) is 5.73 Å². The fourth-order valence-electron chi connectivity index (χ4n) is 2.08. The number of aryl methyl sites for hydroxylation is 1. The van der Waals surface area contributed by atoms with Crippen LogP contribution >= 0.6 is 12.4 Å². The van der Waals surface area contributed by atoms with Gasteiger partial charge in [-0.05, 0) is 42.5 Å². The zero-order chi connectivity index (χ0) is 10.8. The predicted octanol–water partition coefficient (Wildman–Crippen LogP) is 2.23. The number of rotatable bonds is 1. The first-order valence-electron chi connectivity index (χ1n) is 5.19. The molecule has 0 unspecified atom stereocenters. The maximum atomic E-state index is 11.3. The van der Waals surface area contributed by atoms with Crippen molar-refractivity contribution in [2.24, 2.45) is 5.73 Å². The van der Waals surface area contributed by atoms with Crippen LogP contribution in [0.15, 0.2) is 18.2 Å². The molecule has 88 valence electrons. The van der Waals surface area contributed by atoms with E-state index in [0.717, 1.165) is 24.8 Å². The van der Waals surface area contributed by atoms with Gasteiger partial charge >= 0.3 is 5.97 Å². The Morgan fingerprint density at radius 1 is 1.50 bits per heavy atom. The van der Waals surface area contributed by atoms with Gasteiger partial charge in [-0.25, -0.2) is 4.79 Å². The van der Waals surface area contributed by atoms with E-state index in [1.54, 1.807) is 0 Å². The smallest absolute Gasteiger partial charge is 0.337 e. The van der Waals surface area contributed by atoms with E-state index in [1.165, 1.54) is 12.7 Å². The summed E-state index contributed by atoms with van der Waals surface area (Å²) in [5.74, 6) is -0.296. The highest BCUT2D eigenvalue weighted by Crippen LogP contribution is 2.28. The monoisotopic (exact) mass is 241 g/mol. The molecule has 2 N–H and O–H groups in total. The molecule has 1 aliphatic carbocycles. The van der Waals surface area contributed by atoms with E-state index >= 15 is 0 Å². The van der Waals surface area contributed by atoms with Gasteiger partial charge in [-0.15, -0.1) is 12.4 Å². The van der Waals surface area contributed by atoms with Crippen molar-refractivity contribution in [3.8, 4) is 0 Å². The second-order valence-electron chi connectivity index (χ2n) is 3.90. The number of hydrogen-bond donors (Lipinski definition) is 1. The summed E-state index contributed by atoms with van der Waals surface area (Å²) in [6.45, 7) is 0. The molecule has 0 radical (unpaired) electrons. The lowest BCUT2D eigenvalue weighted by Crippen LogP contribution is -2.18.